The highest BCUT2D eigenvalue weighted by atomic mass is 16.7. The van der Waals surface area contributed by atoms with E-state index < -0.39 is 11.7 Å². The second-order valence-electron chi connectivity index (χ2n) is 6.90. The predicted molar refractivity (Wildman–Crippen MR) is 87.6 cm³/mol. The van der Waals surface area contributed by atoms with Crippen LogP contribution in [0, 0.1) is 0 Å². The van der Waals surface area contributed by atoms with Gasteiger partial charge in [-0.1, -0.05) is 12.1 Å². The van der Waals surface area contributed by atoms with Gasteiger partial charge in [0.05, 0.1) is 35.4 Å². The summed E-state index contributed by atoms with van der Waals surface area (Å²) in [4.78, 5) is 12.0. The van der Waals surface area contributed by atoms with E-state index in [9.17, 15) is 4.79 Å². The topological polar surface area (TPSA) is 57.9 Å². The van der Waals surface area contributed by atoms with Crippen molar-refractivity contribution in [3.8, 4) is 0 Å². The van der Waals surface area contributed by atoms with E-state index in [4.69, 9.17) is 18.6 Å². The highest BCUT2D eigenvalue weighted by molar-refractivity contribution is 5.94. The molecular weight excluding hydrogens is 320 g/mol. The van der Waals surface area contributed by atoms with Crippen LogP contribution in [0.25, 0.3) is 0 Å². The summed E-state index contributed by atoms with van der Waals surface area (Å²) in [5.41, 5.74) is 4.41. The molecule has 0 unspecified atom stereocenters. The van der Waals surface area contributed by atoms with Crippen LogP contribution in [-0.2, 0) is 26.2 Å². The minimum atomic E-state index is -0.411. The van der Waals surface area contributed by atoms with Crippen LogP contribution in [0.5, 0.6) is 0 Å². The van der Waals surface area contributed by atoms with Crippen LogP contribution in [0.3, 0.4) is 0 Å². The summed E-state index contributed by atoms with van der Waals surface area (Å²) < 4.78 is 22.8. The van der Waals surface area contributed by atoms with Gasteiger partial charge in [-0.25, -0.2) is 4.79 Å². The van der Waals surface area contributed by atoms with Gasteiger partial charge in [0.15, 0.2) is 0 Å². The normalized spacial score (nSPS) is 30.2. The van der Waals surface area contributed by atoms with Gasteiger partial charge in [-0.2, -0.15) is 0 Å². The third-order valence-electron chi connectivity index (χ3n) is 5.82. The Labute approximate surface area is 145 Å². The van der Waals surface area contributed by atoms with Gasteiger partial charge in [-0.15, -0.1) is 0 Å². The van der Waals surface area contributed by atoms with E-state index in [2.05, 4.69) is 13.0 Å². The van der Waals surface area contributed by atoms with Crippen LogP contribution >= 0.6 is 0 Å². The molecule has 1 aromatic heterocycles. The van der Waals surface area contributed by atoms with Crippen molar-refractivity contribution in [2.45, 2.75) is 44.7 Å². The van der Waals surface area contributed by atoms with Gasteiger partial charge in [0.2, 0.25) is 6.29 Å². The van der Waals surface area contributed by atoms with Gasteiger partial charge < -0.3 is 18.6 Å². The number of fused-ring (bicyclic) bond motifs is 2. The number of rotatable bonds is 2. The summed E-state index contributed by atoms with van der Waals surface area (Å²) >= 11 is 0. The Balaban J connectivity index is 1.68. The SMILES string of the molecule is CC1=C(C)[C@@]2(c3cccc4c3COC4=O)C[C@H](c3ccoc3)O[C@H]2O1. The van der Waals surface area contributed by atoms with E-state index in [0.29, 0.717) is 12.2 Å². The number of hydrogen-bond donors (Lipinski definition) is 0. The second kappa shape index (κ2) is 4.99. The Morgan fingerprint density at radius 2 is 2.08 bits per heavy atom. The van der Waals surface area contributed by atoms with Crippen molar-refractivity contribution in [3.63, 3.8) is 0 Å². The maximum Gasteiger partial charge on any atom is 0.338 e. The van der Waals surface area contributed by atoms with E-state index in [1.165, 1.54) is 0 Å². The first-order valence-corrected chi connectivity index (χ1v) is 8.43. The smallest absolute Gasteiger partial charge is 0.338 e. The number of benzene rings is 1. The lowest BCUT2D eigenvalue weighted by Crippen LogP contribution is -2.34. The minimum Gasteiger partial charge on any atom is -0.472 e. The third kappa shape index (κ3) is 1.84. The number of carbonyl (C=O) groups excluding carboxylic acids is 1. The monoisotopic (exact) mass is 338 g/mol. The van der Waals surface area contributed by atoms with E-state index in [1.807, 2.05) is 25.1 Å². The summed E-state index contributed by atoms with van der Waals surface area (Å²) in [5.74, 6) is 0.630. The van der Waals surface area contributed by atoms with Crippen LogP contribution in [0.1, 0.15) is 53.4 Å². The zero-order valence-corrected chi connectivity index (χ0v) is 14.1. The molecule has 25 heavy (non-hydrogen) atoms. The molecule has 5 rings (SSSR count). The maximum absolute atomic E-state index is 12.0. The van der Waals surface area contributed by atoms with Crippen LogP contribution in [0.4, 0.5) is 0 Å². The van der Waals surface area contributed by atoms with Gasteiger partial charge in [0, 0.05) is 11.1 Å². The highest BCUT2D eigenvalue weighted by Crippen LogP contribution is 2.57. The maximum atomic E-state index is 12.0. The molecule has 0 amide bonds. The first-order chi connectivity index (χ1) is 12.1. The van der Waals surface area contributed by atoms with Crippen LogP contribution < -0.4 is 0 Å². The van der Waals surface area contributed by atoms with Crippen molar-refractivity contribution < 1.29 is 23.4 Å². The van der Waals surface area contributed by atoms with Crippen molar-refractivity contribution in [3.05, 3.63) is 70.4 Å². The van der Waals surface area contributed by atoms with Gasteiger partial charge in [-0.3, -0.25) is 0 Å². The molecule has 4 heterocycles. The van der Waals surface area contributed by atoms with E-state index >= 15 is 0 Å². The van der Waals surface area contributed by atoms with Gasteiger partial charge in [-0.05, 0) is 43.5 Å². The molecular formula is C20H18O5. The number of ether oxygens (including phenoxy) is 3. The summed E-state index contributed by atoms with van der Waals surface area (Å²) in [6, 6.07) is 7.73. The molecule has 2 aromatic rings. The molecule has 1 fully saturated rings. The molecule has 0 aliphatic carbocycles. The third-order valence-corrected chi connectivity index (χ3v) is 5.82. The van der Waals surface area contributed by atoms with E-state index in [0.717, 1.165) is 34.4 Å². The lowest BCUT2D eigenvalue weighted by molar-refractivity contribution is -0.113. The predicted octanol–water partition coefficient (Wildman–Crippen LogP) is 4.00. The number of esters is 1. The number of allylic oxidation sites excluding steroid dienone is 1. The summed E-state index contributed by atoms with van der Waals surface area (Å²) in [5, 5.41) is 0. The average molecular weight is 338 g/mol. The lowest BCUT2D eigenvalue weighted by Gasteiger charge is -2.30. The summed E-state index contributed by atoms with van der Waals surface area (Å²) in [6.45, 7) is 4.37. The van der Waals surface area contributed by atoms with E-state index in [-0.39, 0.29) is 12.1 Å². The zero-order valence-electron chi connectivity index (χ0n) is 14.1. The Kier molecular flexibility index (Phi) is 2.95. The zero-order chi connectivity index (χ0) is 17.2. The lowest BCUT2D eigenvalue weighted by atomic mass is 9.70. The first-order valence-electron chi connectivity index (χ1n) is 8.43. The Morgan fingerprint density at radius 3 is 2.88 bits per heavy atom. The van der Waals surface area contributed by atoms with Crippen LogP contribution in [0.2, 0.25) is 0 Å². The Morgan fingerprint density at radius 1 is 1.20 bits per heavy atom. The Hall–Kier alpha value is -2.53. The highest BCUT2D eigenvalue weighted by Gasteiger charge is 2.58. The van der Waals surface area contributed by atoms with Gasteiger partial charge >= 0.3 is 5.97 Å². The van der Waals surface area contributed by atoms with Crippen molar-refractivity contribution in [1.29, 1.82) is 0 Å². The quantitative estimate of drug-likeness (QED) is 0.775. The molecule has 3 aliphatic rings. The molecule has 0 N–H and O–H groups in total. The number of cyclic esters (lactones) is 1. The fourth-order valence-electron chi connectivity index (χ4n) is 4.38. The molecule has 0 radical (unpaired) electrons. The molecule has 1 aromatic carbocycles. The average Bonchev–Trinajstić information content (AvgIpc) is 3.36. The summed E-state index contributed by atoms with van der Waals surface area (Å²) in [7, 11) is 0. The van der Waals surface area contributed by atoms with Crippen LogP contribution in [-0.4, -0.2) is 12.3 Å². The molecule has 0 bridgehead atoms. The molecule has 5 nitrogen and oxygen atoms in total. The molecule has 128 valence electrons. The fraction of sp³-hybridized carbons (Fsp3) is 0.350. The van der Waals surface area contributed by atoms with Crippen molar-refractivity contribution in [2.24, 2.45) is 0 Å². The first kappa shape index (κ1) is 14.8. The standard InChI is InChI=1S/C20H18O5/c1-11-12(2)24-19-20(11,8-17(25-19)13-6-7-22-9-13)16-5-3-4-14-15(16)10-23-18(14)21/h3-7,9,17,19H,8,10H2,1-2H3/t17-,19-,20-/m1/s1. The largest absolute Gasteiger partial charge is 0.472 e. The molecule has 0 saturated carbocycles. The molecule has 3 aliphatic heterocycles. The van der Waals surface area contributed by atoms with E-state index in [1.54, 1.807) is 12.5 Å². The molecule has 3 atom stereocenters. The van der Waals surface area contributed by atoms with Crippen molar-refractivity contribution in [1.82, 2.24) is 0 Å². The number of hydrogen-bond acceptors (Lipinski definition) is 5. The van der Waals surface area contributed by atoms with Gasteiger partial charge in [0.25, 0.3) is 0 Å². The Bertz CT molecular complexity index is 895. The van der Waals surface area contributed by atoms with Crippen molar-refractivity contribution in [2.75, 3.05) is 0 Å². The molecule has 1 saturated heterocycles. The van der Waals surface area contributed by atoms with Gasteiger partial charge in [0.1, 0.15) is 6.61 Å². The number of furan rings is 1. The number of carbonyl (C=O) groups is 1. The fourth-order valence-corrected chi connectivity index (χ4v) is 4.38. The van der Waals surface area contributed by atoms with Crippen molar-refractivity contribution >= 4 is 5.97 Å². The summed E-state index contributed by atoms with van der Waals surface area (Å²) in [6.07, 6.45) is 3.59. The minimum absolute atomic E-state index is 0.110. The second-order valence-corrected chi connectivity index (χ2v) is 6.90. The van der Waals surface area contributed by atoms with Crippen LogP contribution in [0.15, 0.2) is 52.5 Å². The molecule has 0 spiro atoms. The molecule has 5 heteroatoms.